The zero-order chi connectivity index (χ0) is 14.8. The van der Waals surface area contributed by atoms with Crippen molar-refractivity contribution in [2.24, 2.45) is 0 Å². The molecule has 5 heteroatoms. The second-order valence-electron chi connectivity index (χ2n) is 4.60. The summed E-state index contributed by atoms with van der Waals surface area (Å²) >= 11 is 3.45. The fourth-order valence-corrected chi connectivity index (χ4v) is 2.73. The summed E-state index contributed by atoms with van der Waals surface area (Å²) in [6, 6.07) is 13.4. The number of hydrogen-bond acceptors (Lipinski definition) is 4. The number of rotatable bonds is 1. The average molecular weight is 349 g/mol. The molecule has 1 aliphatic rings. The molecule has 1 unspecified atom stereocenters. The second kappa shape index (κ2) is 5.77. The van der Waals surface area contributed by atoms with Crippen LogP contribution in [0.3, 0.4) is 0 Å². The number of fused-ring (bicyclic) bond motifs is 2. The van der Waals surface area contributed by atoms with Gasteiger partial charge in [0, 0.05) is 12.0 Å². The highest BCUT2D eigenvalue weighted by Crippen LogP contribution is 2.35. The lowest BCUT2D eigenvalue weighted by atomic mass is 10.0. The molecule has 0 N–H and O–H groups in total. The van der Waals surface area contributed by atoms with Gasteiger partial charge in [-0.3, -0.25) is 0 Å². The SMILES string of the molecule is COC(=O)C1Oc2ccccc2Cc2cccc(Br)c2O1. The Hall–Kier alpha value is -2.01. The zero-order valence-corrected chi connectivity index (χ0v) is 12.9. The topological polar surface area (TPSA) is 44.8 Å². The van der Waals surface area contributed by atoms with Crippen LogP contribution in [-0.4, -0.2) is 19.4 Å². The Balaban J connectivity index is 2.11. The van der Waals surface area contributed by atoms with E-state index in [0.717, 1.165) is 15.6 Å². The van der Waals surface area contributed by atoms with Crippen LogP contribution in [0.4, 0.5) is 0 Å². The van der Waals surface area contributed by atoms with E-state index in [-0.39, 0.29) is 0 Å². The van der Waals surface area contributed by atoms with Crippen LogP contribution in [0.5, 0.6) is 11.5 Å². The van der Waals surface area contributed by atoms with Crippen LogP contribution in [0.25, 0.3) is 0 Å². The number of methoxy groups -OCH3 is 1. The largest absolute Gasteiger partial charge is 0.463 e. The zero-order valence-electron chi connectivity index (χ0n) is 11.3. The maximum atomic E-state index is 11.9. The summed E-state index contributed by atoms with van der Waals surface area (Å²) < 4.78 is 16.9. The Labute approximate surface area is 130 Å². The fraction of sp³-hybridized carbons (Fsp3) is 0.188. The standard InChI is InChI=1S/C16H13BrO4/c1-19-15(18)16-20-13-8-3-2-5-10(13)9-11-6-4-7-12(17)14(11)21-16/h2-8,16H,9H2,1H3. The normalized spacial score (nSPS) is 16.4. The van der Waals surface area contributed by atoms with Gasteiger partial charge in [0.05, 0.1) is 11.6 Å². The molecule has 3 rings (SSSR count). The average Bonchev–Trinajstić information content (AvgIpc) is 2.48. The third-order valence-corrected chi connectivity index (χ3v) is 3.88. The predicted octanol–water partition coefficient (Wildman–Crippen LogP) is 3.31. The smallest absolute Gasteiger partial charge is 0.389 e. The number of carbonyl (C=O) groups excluding carboxylic acids is 1. The summed E-state index contributed by atoms with van der Waals surface area (Å²) in [5.74, 6) is 0.648. The molecule has 0 fully saturated rings. The summed E-state index contributed by atoms with van der Waals surface area (Å²) in [7, 11) is 1.31. The molecule has 1 heterocycles. The number of benzene rings is 2. The van der Waals surface area contributed by atoms with Crippen LogP contribution in [0.2, 0.25) is 0 Å². The quantitative estimate of drug-likeness (QED) is 0.741. The molecular weight excluding hydrogens is 336 g/mol. The van der Waals surface area contributed by atoms with E-state index in [0.29, 0.717) is 17.9 Å². The Morgan fingerprint density at radius 1 is 1.14 bits per heavy atom. The van der Waals surface area contributed by atoms with Gasteiger partial charge in [-0.05, 0) is 33.6 Å². The van der Waals surface area contributed by atoms with Crippen LogP contribution >= 0.6 is 15.9 Å². The van der Waals surface area contributed by atoms with E-state index in [1.807, 2.05) is 42.5 Å². The summed E-state index contributed by atoms with van der Waals surface area (Å²) in [4.78, 5) is 11.9. The number of esters is 1. The maximum Gasteiger partial charge on any atom is 0.389 e. The predicted molar refractivity (Wildman–Crippen MR) is 80.5 cm³/mol. The van der Waals surface area contributed by atoms with Crippen molar-refractivity contribution in [3.8, 4) is 11.5 Å². The van der Waals surface area contributed by atoms with Crippen molar-refractivity contribution in [3.05, 3.63) is 58.1 Å². The number of para-hydroxylation sites is 2. The minimum atomic E-state index is -1.13. The van der Waals surface area contributed by atoms with Crippen molar-refractivity contribution in [3.63, 3.8) is 0 Å². The van der Waals surface area contributed by atoms with Crippen molar-refractivity contribution in [2.75, 3.05) is 7.11 Å². The van der Waals surface area contributed by atoms with Gasteiger partial charge in [-0.1, -0.05) is 30.3 Å². The molecule has 0 aliphatic carbocycles. The Kier molecular flexibility index (Phi) is 3.84. The Bertz CT molecular complexity index is 684. The lowest BCUT2D eigenvalue weighted by Crippen LogP contribution is -2.35. The van der Waals surface area contributed by atoms with E-state index in [1.165, 1.54) is 7.11 Å². The van der Waals surface area contributed by atoms with Gasteiger partial charge in [-0.2, -0.15) is 0 Å². The lowest BCUT2D eigenvalue weighted by molar-refractivity contribution is -0.162. The van der Waals surface area contributed by atoms with Gasteiger partial charge in [-0.25, -0.2) is 4.79 Å². The van der Waals surface area contributed by atoms with Crippen molar-refractivity contribution in [1.29, 1.82) is 0 Å². The molecule has 0 spiro atoms. The molecule has 21 heavy (non-hydrogen) atoms. The molecule has 0 radical (unpaired) electrons. The van der Waals surface area contributed by atoms with Crippen molar-refractivity contribution in [2.45, 2.75) is 12.7 Å². The molecule has 0 saturated heterocycles. The van der Waals surface area contributed by atoms with Crippen molar-refractivity contribution >= 4 is 21.9 Å². The molecule has 2 aromatic rings. The van der Waals surface area contributed by atoms with Crippen LogP contribution < -0.4 is 9.47 Å². The van der Waals surface area contributed by atoms with Crippen molar-refractivity contribution in [1.82, 2.24) is 0 Å². The molecule has 1 atom stereocenters. The number of halogens is 1. The van der Waals surface area contributed by atoms with Gasteiger partial charge < -0.3 is 14.2 Å². The van der Waals surface area contributed by atoms with E-state index in [9.17, 15) is 4.79 Å². The summed E-state index contributed by atoms with van der Waals surface area (Å²) in [5.41, 5.74) is 1.98. The van der Waals surface area contributed by atoms with Crippen molar-refractivity contribution < 1.29 is 19.0 Å². The van der Waals surface area contributed by atoms with E-state index in [4.69, 9.17) is 14.2 Å². The first-order valence-electron chi connectivity index (χ1n) is 6.45. The fourth-order valence-electron chi connectivity index (χ4n) is 2.23. The lowest BCUT2D eigenvalue weighted by Gasteiger charge is -2.25. The minimum absolute atomic E-state index is 0.576. The van der Waals surface area contributed by atoms with Gasteiger partial charge in [0.1, 0.15) is 11.5 Å². The summed E-state index contributed by atoms with van der Waals surface area (Å²) in [5, 5.41) is 0. The van der Waals surface area contributed by atoms with E-state index < -0.39 is 12.3 Å². The molecule has 0 amide bonds. The first kappa shape index (κ1) is 13.9. The molecule has 0 saturated carbocycles. The molecule has 0 bridgehead atoms. The molecule has 108 valence electrons. The third kappa shape index (κ3) is 2.74. The minimum Gasteiger partial charge on any atom is -0.463 e. The molecule has 4 nitrogen and oxygen atoms in total. The van der Waals surface area contributed by atoms with Gasteiger partial charge in [0.25, 0.3) is 0 Å². The Morgan fingerprint density at radius 2 is 1.90 bits per heavy atom. The van der Waals surface area contributed by atoms with Gasteiger partial charge in [0.2, 0.25) is 0 Å². The van der Waals surface area contributed by atoms with Gasteiger partial charge >= 0.3 is 12.3 Å². The van der Waals surface area contributed by atoms with Gasteiger partial charge in [0.15, 0.2) is 0 Å². The number of ether oxygens (including phenoxy) is 3. The first-order chi connectivity index (χ1) is 10.2. The summed E-state index contributed by atoms with van der Waals surface area (Å²) in [6.07, 6.45) is -0.465. The van der Waals surface area contributed by atoms with Crippen LogP contribution in [-0.2, 0) is 16.0 Å². The monoisotopic (exact) mass is 348 g/mol. The molecule has 2 aromatic carbocycles. The highest BCUT2D eigenvalue weighted by Gasteiger charge is 2.28. The van der Waals surface area contributed by atoms with Gasteiger partial charge in [-0.15, -0.1) is 0 Å². The van der Waals surface area contributed by atoms with Crippen LogP contribution in [0.15, 0.2) is 46.9 Å². The Morgan fingerprint density at radius 3 is 2.71 bits per heavy atom. The number of carbonyl (C=O) groups is 1. The van der Waals surface area contributed by atoms with E-state index in [1.54, 1.807) is 0 Å². The molecular formula is C16H13BrO4. The highest BCUT2D eigenvalue weighted by molar-refractivity contribution is 9.10. The highest BCUT2D eigenvalue weighted by atomic mass is 79.9. The number of hydrogen-bond donors (Lipinski definition) is 0. The third-order valence-electron chi connectivity index (χ3n) is 3.25. The molecule has 0 aromatic heterocycles. The second-order valence-corrected chi connectivity index (χ2v) is 5.46. The first-order valence-corrected chi connectivity index (χ1v) is 7.25. The van der Waals surface area contributed by atoms with E-state index in [2.05, 4.69) is 15.9 Å². The summed E-state index contributed by atoms with van der Waals surface area (Å²) in [6.45, 7) is 0. The molecule has 1 aliphatic heterocycles. The van der Waals surface area contributed by atoms with Crippen LogP contribution in [0.1, 0.15) is 11.1 Å². The van der Waals surface area contributed by atoms with E-state index >= 15 is 0 Å². The maximum absolute atomic E-state index is 11.9. The van der Waals surface area contributed by atoms with Crippen LogP contribution in [0, 0.1) is 0 Å².